The first-order valence-electron chi connectivity index (χ1n) is 21.8. The summed E-state index contributed by atoms with van der Waals surface area (Å²) in [7, 11) is 0. The Balaban J connectivity index is 0.000000198. The predicted molar refractivity (Wildman–Crippen MR) is 214 cm³/mol. The molecular weight excluding hydrogens is 792 g/mol. The molecule has 6 fully saturated rings. The van der Waals surface area contributed by atoms with Crippen LogP contribution in [-0.2, 0) is 85.3 Å². The molecule has 0 aromatic heterocycles. The molecule has 18 heteroatoms. The Morgan fingerprint density at radius 1 is 0.250 bits per heavy atom. The second-order valence-corrected chi connectivity index (χ2v) is 17.0. The maximum absolute atomic E-state index is 5.66. The van der Waals surface area contributed by atoms with Crippen molar-refractivity contribution < 1.29 is 85.3 Å². The van der Waals surface area contributed by atoms with Gasteiger partial charge >= 0.3 is 0 Å². The van der Waals surface area contributed by atoms with Crippen LogP contribution in [0.2, 0.25) is 0 Å². The summed E-state index contributed by atoms with van der Waals surface area (Å²) in [5.74, 6) is 0. The van der Waals surface area contributed by atoms with Crippen LogP contribution in [0.15, 0.2) is 0 Å². The highest BCUT2D eigenvalue weighted by Gasteiger charge is 2.47. The van der Waals surface area contributed by atoms with Crippen molar-refractivity contribution in [2.75, 3.05) is 80.4 Å². The standard InChI is InChI=1S/3C14H26O6/c2*1-9(2)15-5-11-13-14(20-7-17-11)12(18-8-19-13)6-16-10(3)4;1-9(2)15-5-11-13(19-7-17-11)14-12(18-8-20-14)6-16-10(3)4/h3*9-14H,5-8H2,1-4H3/t11-,12+,13-,14-;11-,12-,13-,14-;11-,12+,13+,14-/m11./s1. The van der Waals surface area contributed by atoms with E-state index in [-0.39, 0.29) is 151 Å². The van der Waals surface area contributed by atoms with E-state index in [0.29, 0.717) is 39.6 Å². The van der Waals surface area contributed by atoms with E-state index in [1.54, 1.807) is 0 Å². The maximum atomic E-state index is 5.66. The molecule has 0 unspecified atom stereocenters. The van der Waals surface area contributed by atoms with E-state index < -0.39 is 0 Å². The Morgan fingerprint density at radius 3 is 0.500 bits per heavy atom. The van der Waals surface area contributed by atoms with E-state index >= 15 is 0 Å². The lowest BCUT2D eigenvalue weighted by molar-refractivity contribution is -0.332. The summed E-state index contributed by atoms with van der Waals surface area (Å²) in [6.07, 6.45) is -0.750. The van der Waals surface area contributed by atoms with Crippen LogP contribution >= 0.6 is 0 Å². The summed E-state index contributed by atoms with van der Waals surface area (Å²) >= 11 is 0. The summed E-state index contributed by atoms with van der Waals surface area (Å²) in [5.41, 5.74) is 0. The summed E-state index contributed by atoms with van der Waals surface area (Å²) in [5, 5.41) is 0. The molecule has 0 saturated carbocycles. The number of rotatable bonds is 19. The minimum absolute atomic E-state index is 0.120. The molecular formula is C42H78O18. The van der Waals surface area contributed by atoms with E-state index in [2.05, 4.69) is 0 Å². The van der Waals surface area contributed by atoms with Crippen LogP contribution in [0.5, 0.6) is 0 Å². The van der Waals surface area contributed by atoms with Gasteiger partial charge < -0.3 is 85.3 Å². The number of fused-ring (bicyclic) bond motifs is 2. The molecule has 0 bridgehead atoms. The van der Waals surface area contributed by atoms with Crippen LogP contribution in [0.25, 0.3) is 0 Å². The number of ether oxygens (including phenoxy) is 18. The monoisotopic (exact) mass is 871 g/mol. The van der Waals surface area contributed by atoms with E-state index in [1.807, 2.05) is 83.1 Å². The van der Waals surface area contributed by atoms with Gasteiger partial charge in [0.15, 0.2) is 0 Å². The highest BCUT2D eigenvalue weighted by molar-refractivity contribution is 4.91. The Morgan fingerprint density at radius 2 is 0.383 bits per heavy atom. The predicted octanol–water partition coefficient (Wildman–Crippen LogP) is 3.96. The Hall–Kier alpha value is -0.720. The van der Waals surface area contributed by atoms with Gasteiger partial charge in [-0.2, -0.15) is 0 Å². The topological polar surface area (TPSA) is 166 Å². The third-order valence-electron chi connectivity index (χ3n) is 9.99. The van der Waals surface area contributed by atoms with Gasteiger partial charge in [-0.25, -0.2) is 0 Å². The first-order valence-corrected chi connectivity index (χ1v) is 21.8. The van der Waals surface area contributed by atoms with Crippen LogP contribution in [-0.4, -0.2) is 190 Å². The van der Waals surface area contributed by atoms with Crippen LogP contribution in [0.4, 0.5) is 0 Å². The lowest BCUT2D eigenvalue weighted by Crippen LogP contribution is -2.59. The highest BCUT2D eigenvalue weighted by atomic mass is 16.8. The number of hydrogen-bond donors (Lipinski definition) is 0. The zero-order valence-electron chi connectivity index (χ0n) is 38.2. The molecule has 60 heavy (non-hydrogen) atoms. The van der Waals surface area contributed by atoms with Gasteiger partial charge in [0.25, 0.3) is 0 Å². The van der Waals surface area contributed by atoms with Gasteiger partial charge in [-0.1, -0.05) is 0 Å². The molecule has 0 spiro atoms. The minimum atomic E-state index is -0.169. The molecule has 0 aromatic rings. The van der Waals surface area contributed by atoms with Gasteiger partial charge in [-0.15, -0.1) is 0 Å². The molecule has 6 aliphatic heterocycles. The summed E-state index contributed by atoms with van der Waals surface area (Å²) in [4.78, 5) is 0. The molecule has 6 rings (SSSR count). The molecule has 12 atom stereocenters. The van der Waals surface area contributed by atoms with Crippen molar-refractivity contribution in [1.29, 1.82) is 0 Å². The Kier molecular flexibility index (Phi) is 23.9. The molecule has 0 amide bonds. The maximum Gasteiger partial charge on any atom is 0.147 e. The van der Waals surface area contributed by atoms with Crippen LogP contribution in [0.3, 0.4) is 0 Å². The molecule has 0 aromatic carbocycles. The van der Waals surface area contributed by atoms with Crippen LogP contribution in [0, 0.1) is 0 Å². The van der Waals surface area contributed by atoms with E-state index in [1.165, 1.54) is 0 Å². The fourth-order valence-electron chi connectivity index (χ4n) is 6.86. The van der Waals surface area contributed by atoms with Crippen LogP contribution in [0.1, 0.15) is 83.1 Å². The zero-order valence-corrected chi connectivity index (χ0v) is 38.2. The largest absolute Gasteiger partial charge is 0.376 e. The minimum Gasteiger partial charge on any atom is -0.376 e. The van der Waals surface area contributed by atoms with E-state index in [9.17, 15) is 0 Å². The third-order valence-corrected chi connectivity index (χ3v) is 9.99. The first kappa shape index (κ1) is 51.9. The molecule has 0 aliphatic carbocycles. The highest BCUT2D eigenvalue weighted by Crippen LogP contribution is 2.29. The van der Waals surface area contributed by atoms with E-state index in [0.717, 1.165) is 0 Å². The van der Waals surface area contributed by atoms with Crippen molar-refractivity contribution in [3.63, 3.8) is 0 Å². The average molecular weight is 871 g/mol. The second-order valence-electron chi connectivity index (χ2n) is 17.0. The smallest absolute Gasteiger partial charge is 0.147 e. The summed E-state index contributed by atoms with van der Waals surface area (Å²) in [6.45, 7) is 28.5. The number of hydrogen-bond acceptors (Lipinski definition) is 18. The van der Waals surface area contributed by atoms with Gasteiger partial charge in [0.2, 0.25) is 0 Å². The van der Waals surface area contributed by atoms with Crippen molar-refractivity contribution in [3.05, 3.63) is 0 Å². The van der Waals surface area contributed by atoms with Gasteiger partial charge in [0.05, 0.1) is 76.3 Å². The molecule has 354 valence electrons. The summed E-state index contributed by atoms with van der Waals surface area (Å²) in [6, 6.07) is 0. The van der Waals surface area contributed by atoms with Gasteiger partial charge in [-0.3, -0.25) is 0 Å². The first-order chi connectivity index (χ1) is 28.7. The molecule has 0 N–H and O–H groups in total. The van der Waals surface area contributed by atoms with Gasteiger partial charge in [0, 0.05) is 0 Å². The summed E-state index contributed by atoms with van der Waals surface area (Å²) < 4.78 is 101. The fourth-order valence-corrected chi connectivity index (χ4v) is 6.86. The lowest BCUT2D eigenvalue weighted by atomic mass is 10.0. The second kappa shape index (κ2) is 27.6. The molecule has 6 saturated heterocycles. The van der Waals surface area contributed by atoms with Crippen LogP contribution < -0.4 is 0 Å². The molecule has 6 heterocycles. The quantitative estimate of drug-likeness (QED) is 0.183. The third kappa shape index (κ3) is 17.7. The van der Waals surface area contributed by atoms with Crippen molar-refractivity contribution in [3.8, 4) is 0 Å². The van der Waals surface area contributed by atoms with Gasteiger partial charge in [-0.05, 0) is 83.1 Å². The zero-order chi connectivity index (χ0) is 43.6. The van der Waals surface area contributed by atoms with E-state index in [4.69, 9.17) is 85.3 Å². The Labute approximate surface area is 358 Å². The SMILES string of the molecule is CC(C)OC[C@@H]1OCO[C@H]1[C@H]1OCO[C@@H]1COC(C)C.CC(C)OC[C@@H]1OCO[C@H]2[C@@H]1OCO[C@@H]2COC(C)C.CC(C)OC[C@H]1OCO[C@H]2[C@@H]1OCO[C@@H]2COC(C)C. The normalized spacial score (nSPS) is 34.5. The van der Waals surface area contributed by atoms with Crippen molar-refractivity contribution in [1.82, 2.24) is 0 Å². The van der Waals surface area contributed by atoms with Gasteiger partial charge in [0.1, 0.15) is 114 Å². The lowest BCUT2D eigenvalue weighted by Gasteiger charge is -2.44. The molecule has 6 aliphatic rings. The Bertz CT molecular complexity index is 975. The van der Waals surface area contributed by atoms with Crippen molar-refractivity contribution in [2.24, 2.45) is 0 Å². The van der Waals surface area contributed by atoms with Crippen molar-refractivity contribution >= 4 is 0 Å². The molecule has 18 nitrogen and oxygen atoms in total. The fraction of sp³-hybridized carbons (Fsp3) is 1.00. The molecule has 0 radical (unpaired) electrons. The van der Waals surface area contributed by atoms with Crippen molar-refractivity contribution in [2.45, 2.75) is 193 Å². The average Bonchev–Trinajstić information content (AvgIpc) is 3.88.